The number of carboxylic acid groups (broad SMARTS) is 1. The molecule has 0 saturated heterocycles. The van der Waals surface area contributed by atoms with Crippen LogP contribution >= 0.6 is 0 Å². The molecule has 0 bridgehead atoms. The Morgan fingerprint density at radius 3 is 2.93 bits per heavy atom. The lowest BCUT2D eigenvalue weighted by atomic mass is 9.84. The fourth-order valence-corrected chi connectivity index (χ4v) is 3.65. The summed E-state index contributed by atoms with van der Waals surface area (Å²) in [6, 6.07) is 1.49. The molecule has 9 nitrogen and oxygen atoms in total. The van der Waals surface area contributed by atoms with E-state index in [1.54, 1.807) is 6.20 Å². The predicted molar refractivity (Wildman–Crippen MR) is 105 cm³/mol. The third-order valence-corrected chi connectivity index (χ3v) is 5.24. The minimum atomic E-state index is -1.05. The summed E-state index contributed by atoms with van der Waals surface area (Å²) in [6.45, 7) is 0.565. The van der Waals surface area contributed by atoms with Gasteiger partial charge in [-0.05, 0) is 44.1 Å². The Morgan fingerprint density at radius 1 is 1.28 bits per heavy atom. The van der Waals surface area contributed by atoms with Gasteiger partial charge in [0.2, 0.25) is 5.91 Å². The van der Waals surface area contributed by atoms with Gasteiger partial charge in [0.05, 0.1) is 35.4 Å². The highest BCUT2D eigenvalue weighted by atomic mass is 16.4. The van der Waals surface area contributed by atoms with E-state index in [1.807, 2.05) is 0 Å². The van der Waals surface area contributed by atoms with E-state index in [0.717, 1.165) is 44.2 Å². The van der Waals surface area contributed by atoms with Gasteiger partial charge >= 0.3 is 5.97 Å². The Balaban J connectivity index is 1.37. The van der Waals surface area contributed by atoms with E-state index < -0.39 is 5.97 Å². The van der Waals surface area contributed by atoms with Crippen molar-refractivity contribution in [2.24, 2.45) is 5.92 Å². The molecule has 0 radical (unpaired) electrons. The third-order valence-electron chi connectivity index (χ3n) is 5.24. The standard InChI is InChI=1S/C20H27N5O4/c26-18-5-1-3-14(9-18)6-7-19(27)22-8-2-4-16-13-25(24-23-16)17-10-15(20(28)29)11-21-12-17/h10-14,18,26H,1-9H2,(H,22,27)(H,28,29). The molecule has 1 aliphatic rings. The lowest BCUT2D eigenvalue weighted by Gasteiger charge is -2.25. The average Bonchev–Trinajstić information content (AvgIpc) is 3.19. The molecule has 0 aliphatic heterocycles. The van der Waals surface area contributed by atoms with E-state index in [9.17, 15) is 14.7 Å². The Hall–Kier alpha value is -2.81. The number of carbonyl (C=O) groups excluding carboxylic acids is 1. The molecule has 1 amide bonds. The molecule has 156 valence electrons. The van der Waals surface area contributed by atoms with Gasteiger partial charge in [-0.15, -0.1) is 5.10 Å². The number of aromatic nitrogens is 4. The summed E-state index contributed by atoms with van der Waals surface area (Å²) in [4.78, 5) is 26.9. The minimum Gasteiger partial charge on any atom is -0.478 e. The van der Waals surface area contributed by atoms with Gasteiger partial charge in [0.1, 0.15) is 0 Å². The SMILES string of the molecule is O=C(CCC1CCCC(O)C1)NCCCc1cn(-c2cncc(C(=O)O)c2)nn1. The highest BCUT2D eigenvalue weighted by molar-refractivity contribution is 5.87. The maximum atomic E-state index is 12.0. The van der Waals surface area contributed by atoms with Crippen LogP contribution in [0.3, 0.4) is 0 Å². The number of aliphatic hydroxyl groups is 1. The van der Waals surface area contributed by atoms with Gasteiger partial charge in [-0.2, -0.15) is 0 Å². The van der Waals surface area contributed by atoms with Crippen molar-refractivity contribution in [1.29, 1.82) is 0 Å². The number of hydrogen-bond donors (Lipinski definition) is 3. The second kappa shape index (κ2) is 10.1. The molecule has 0 aromatic carbocycles. The van der Waals surface area contributed by atoms with Crippen LogP contribution in [-0.2, 0) is 11.2 Å². The number of hydrogen-bond acceptors (Lipinski definition) is 6. The first-order chi connectivity index (χ1) is 14.0. The molecule has 2 unspecified atom stereocenters. The van der Waals surface area contributed by atoms with Gasteiger partial charge in [0.25, 0.3) is 0 Å². The maximum absolute atomic E-state index is 12.0. The molecule has 2 aromatic heterocycles. The van der Waals surface area contributed by atoms with E-state index in [-0.39, 0.29) is 17.6 Å². The molecule has 0 spiro atoms. The van der Waals surface area contributed by atoms with Gasteiger partial charge in [-0.25, -0.2) is 9.48 Å². The lowest BCUT2D eigenvalue weighted by molar-refractivity contribution is -0.121. The Kier molecular flexibility index (Phi) is 7.29. The molecule has 1 aliphatic carbocycles. The number of aryl methyl sites for hydroxylation is 1. The molecule has 2 aromatic rings. The number of carboxylic acids is 1. The van der Waals surface area contributed by atoms with Gasteiger partial charge in [0.15, 0.2) is 0 Å². The topological polar surface area (TPSA) is 130 Å². The number of pyridine rings is 1. The van der Waals surface area contributed by atoms with Crippen LogP contribution in [0.4, 0.5) is 0 Å². The van der Waals surface area contributed by atoms with E-state index >= 15 is 0 Å². The van der Waals surface area contributed by atoms with Crippen LogP contribution < -0.4 is 5.32 Å². The quantitative estimate of drug-likeness (QED) is 0.546. The molecule has 2 heterocycles. The monoisotopic (exact) mass is 401 g/mol. The average molecular weight is 401 g/mol. The van der Waals surface area contributed by atoms with Crippen LogP contribution in [0.15, 0.2) is 24.7 Å². The molecule has 1 fully saturated rings. The van der Waals surface area contributed by atoms with E-state index in [0.29, 0.717) is 31.0 Å². The van der Waals surface area contributed by atoms with Gasteiger partial charge in [-0.1, -0.05) is 18.1 Å². The molecule has 1 saturated carbocycles. The first-order valence-corrected chi connectivity index (χ1v) is 10.1. The van der Waals surface area contributed by atoms with Crippen LogP contribution in [-0.4, -0.2) is 54.7 Å². The van der Waals surface area contributed by atoms with Gasteiger partial charge in [-0.3, -0.25) is 9.78 Å². The van der Waals surface area contributed by atoms with Crippen molar-refractivity contribution in [3.05, 3.63) is 35.9 Å². The molecule has 3 rings (SSSR count). The second-order valence-corrected chi connectivity index (χ2v) is 7.57. The number of amides is 1. The molecule has 3 N–H and O–H groups in total. The Morgan fingerprint density at radius 2 is 2.14 bits per heavy atom. The summed E-state index contributed by atoms with van der Waals surface area (Å²) in [7, 11) is 0. The fourth-order valence-electron chi connectivity index (χ4n) is 3.65. The highest BCUT2D eigenvalue weighted by Crippen LogP contribution is 2.27. The Labute approximate surface area is 169 Å². The maximum Gasteiger partial charge on any atom is 0.337 e. The summed E-state index contributed by atoms with van der Waals surface area (Å²) < 4.78 is 1.49. The van der Waals surface area contributed by atoms with Crippen LogP contribution in [0, 0.1) is 5.92 Å². The van der Waals surface area contributed by atoms with E-state index in [1.165, 1.54) is 23.1 Å². The zero-order chi connectivity index (χ0) is 20.6. The normalized spacial score (nSPS) is 19.1. The largest absolute Gasteiger partial charge is 0.478 e. The van der Waals surface area contributed by atoms with Crippen LogP contribution in [0.5, 0.6) is 0 Å². The first kappa shape index (κ1) is 20.9. The van der Waals surface area contributed by atoms with E-state index in [4.69, 9.17) is 5.11 Å². The molecule has 9 heteroatoms. The fraction of sp³-hybridized carbons (Fsp3) is 0.550. The molecular weight excluding hydrogens is 374 g/mol. The van der Waals surface area contributed by atoms with Crippen molar-refractivity contribution in [3.8, 4) is 5.69 Å². The molecule has 2 atom stereocenters. The Bertz CT molecular complexity index is 838. The predicted octanol–water partition coefficient (Wildman–Crippen LogP) is 1.74. The summed E-state index contributed by atoms with van der Waals surface area (Å²) in [5.41, 5.74) is 1.38. The number of carbonyl (C=O) groups is 2. The number of aliphatic hydroxyl groups excluding tert-OH is 1. The zero-order valence-electron chi connectivity index (χ0n) is 16.3. The molecular formula is C20H27N5O4. The molecule has 29 heavy (non-hydrogen) atoms. The van der Waals surface area contributed by atoms with Crippen molar-refractivity contribution >= 4 is 11.9 Å². The summed E-state index contributed by atoms with van der Waals surface area (Å²) >= 11 is 0. The van der Waals surface area contributed by atoms with Crippen LogP contribution in [0.1, 0.15) is 61.0 Å². The van der Waals surface area contributed by atoms with Crippen molar-refractivity contribution in [1.82, 2.24) is 25.3 Å². The number of aromatic carboxylic acids is 1. The van der Waals surface area contributed by atoms with Crippen molar-refractivity contribution < 1.29 is 19.8 Å². The van der Waals surface area contributed by atoms with Crippen molar-refractivity contribution in [2.75, 3.05) is 6.54 Å². The third kappa shape index (κ3) is 6.35. The smallest absolute Gasteiger partial charge is 0.337 e. The van der Waals surface area contributed by atoms with Crippen LogP contribution in [0.25, 0.3) is 5.69 Å². The minimum absolute atomic E-state index is 0.0466. The number of nitrogens with zero attached hydrogens (tertiary/aromatic N) is 4. The van der Waals surface area contributed by atoms with Gasteiger partial charge in [0, 0.05) is 19.2 Å². The van der Waals surface area contributed by atoms with E-state index in [2.05, 4.69) is 20.6 Å². The second-order valence-electron chi connectivity index (χ2n) is 7.57. The summed E-state index contributed by atoms with van der Waals surface area (Å²) in [6.07, 6.45) is 10.9. The summed E-state index contributed by atoms with van der Waals surface area (Å²) in [5, 5.41) is 29.8. The zero-order valence-corrected chi connectivity index (χ0v) is 16.3. The van der Waals surface area contributed by atoms with Crippen LogP contribution in [0.2, 0.25) is 0 Å². The number of rotatable bonds is 9. The lowest BCUT2D eigenvalue weighted by Crippen LogP contribution is -2.26. The van der Waals surface area contributed by atoms with Crippen molar-refractivity contribution in [3.63, 3.8) is 0 Å². The van der Waals surface area contributed by atoms with Crippen molar-refractivity contribution in [2.45, 2.75) is 57.5 Å². The highest BCUT2D eigenvalue weighted by Gasteiger charge is 2.20. The summed E-state index contributed by atoms with van der Waals surface area (Å²) in [5.74, 6) is -0.547. The first-order valence-electron chi connectivity index (χ1n) is 10.1. The number of nitrogens with one attached hydrogen (secondary N) is 1. The van der Waals surface area contributed by atoms with Gasteiger partial charge < -0.3 is 15.5 Å².